The Labute approximate surface area is 141 Å². The van der Waals surface area contributed by atoms with E-state index >= 15 is 0 Å². The maximum absolute atomic E-state index is 10.5. The lowest BCUT2D eigenvalue weighted by atomic mass is 9.81. The Morgan fingerprint density at radius 2 is 1.63 bits per heavy atom. The Balaban J connectivity index is 2.16. The Hall–Kier alpha value is 0.400. The molecule has 4 N–H and O–H groups in total. The lowest BCUT2D eigenvalue weighted by Crippen LogP contribution is -2.34. The minimum Gasteiger partial charge on any atom is -0.506 e. The van der Waals surface area contributed by atoms with Crippen molar-refractivity contribution in [3.63, 3.8) is 0 Å². The Morgan fingerprint density at radius 3 is 2.16 bits per heavy atom. The van der Waals surface area contributed by atoms with E-state index in [0.29, 0.717) is 11.7 Å². The van der Waals surface area contributed by atoms with Crippen LogP contribution in [-0.4, -0.2) is 16.3 Å². The van der Waals surface area contributed by atoms with Gasteiger partial charge in [-0.3, -0.25) is 0 Å². The van der Waals surface area contributed by atoms with E-state index in [1.54, 1.807) is 0 Å². The third-order valence-electron chi connectivity index (χ3n) is 3.92. The highest BCUT2D eigenvalue weighted by atomic mass is 127. The van der Waals surface area contributed by atoms with Crippen LogP contribution in [0.3, 0.4) is 0 Å². The fraction of sp³-hybridized carbons (Fsp3) is 0.571. The number of nitrogens with two attached hydrogens (primary N) is 1. The van der Waals surface area contributed by atoms with Gasteiger partial charge in [0.2, 0.25) is 0 Å². The van der Waals surface area contributed by atoms with Gasteiger partial charge in [0.05, 0.1) is 19.3 Å². The summed E-state index contributed by atoms with van der Waals surface area (Å²) in [5.74, 6) is 0.609. The van der Waals surface area contributed by atoms with Crippen LogP contribution >= 0.6 is 45.2 Å². The van der Waals surface area contributed by atoms with Gasteiger partial charge in [0.15, 0.2) is 0 Å². The highest BCUT2D eigenvalue weighted by Gasteiger charge is 2.28. The van der Waals surface area contributed by atoms with Gasteiger partial charge in [-0.2, -0.15) is 0 Å². The van der Waals surface area contributed by atoms with Gasteiger partial charge < -0.3 is 15.9 Å². The van der Waals surface area contributed by atoms with E-state index in [2.05, 4.69) is 45.2 Å². The Kier molecular flexibility index (Phi) is 5.74. The van der Waals surface area contributed by atoms with E-state index in [0.717, 1.165) is 25.5 Å². The number of phenolic OH excluding ortho intramolecular Hbond substituents is 1. The molecule has 0 radical (unpaired) electrons. The van der Waals surface area contributed by atoms with Crippen LogP contribution in [0.25, 0.3) is 0 Å². The van der Waals surface area contributed by atoms with Crippen LogP contribution < -0.4 is 5.73 Å². The van der Waals surface area contributed by atoms with Crippen molar-refractivity contribution in [3.8, 4) is 5.75 Å². The van der Waals surface area contributed by atoms with Gasteiger partial charge >= 0.3 is 0 Å². The van der Waals surface area contributed by atoms with E-state index < -0.39 is 6.10 Å². The third kappa shape index (κ3) is 3.74. The topological polar surface area (TPSA) is 66.5 Å². The molecule has 1 saturated carbocycles. The van der Waals surface area contributed by atoms with E-state index in [1.165, 1.54) is 19.3 Å². The van der Waals surface area contributed by atoms with Gasteiger partial charge in [-0.1, -0.05) is 19.3 Å². The molecule has 0 aliphatic heterocycles. The van der Waals surface area contributed by atoms with Crippen molar-refractivity contribution >= 4 is 45.2 Å². The molecular formula is C14H19I2NO2. The number of rotatable bonds is 3. The van der Waals surface area contributed by atoms with Crippen LogP contribution in [0.2, 0.25) is 0 Å². The minimum atomic E-state index is -0.489. The number of phenols is 1. The zero-order valence-corrected chi connectivity index (χ0v) is 15.0. The second-order valence-electron chi connectivity index (χ2n) is 5.25. The van der Waals surface area contributed by atoms with Gasteiger partial charge in [0.1, 0.15) is 5.75 Å². The molecule has 1 aromatic rings. The minimum absolute atomic E-state index is 0.296. The summed E-state index contributed by atoms with van der Waals surface area (Å²) >= 11 is 4.19. The SMILES string of the molecule is N[C@H](c1cc(I)c(O)c(I)c1)[C@@H](O)C1CCCCC1. The first-order chi connectivity index (χ1) is 9.00. The molecule has 0 bridgehead atoms. The van der Waals surface area contributed by atoms with E-state index in [1.807, 2.05) is 12.1 Å². The van der Waals surface area contributed by atoms with Crippen LogP contribution in [0.4, 0.5) is 0 Å². The maximum atomic E-state index is 10.5. The molecule has 3 nitrogen and oxygen atoms in total. The molecule has 19 heavy (non-hydrogen) atoms. The summed E-state index contributed by atoms with van der Waals surface area (Å²) in [6.45, 7) is 0. The fourth-order valence-corrected chi connectivity index (χ4v) is 4.56. The summed E-state index contributed by atoms with van der Waals surface area (Å²) in [7, 11) is 0. The molecule has 1 aromatic carbocycles. The number of benzene rings is 1. The molecular weight excluding hydrogens is 468 g/mol. The summed E-state index contributed by atoms with van der Waals surface area (Å²) in [5, 5.41) is 20.2. The predicted octanol–water partition coefficient (Wildman–Crippen LogP) is 3.54. The van der Waals surface area contributed by atoms with Crippen LogP contribution in [0.5, 0.6) is 5.75 Å². The highest BCUT2D eigenvalue weighted by molar-refractivity contribution is 14.1. The Morgan fingerprint density at radius 1 is 1.11 bits per heavy atom. The molecule has 1 aliphatic rings. The highest BCUT2D eigenvalue weighted by Crippen LogP contribution is 2.34. The zero-order valence-electron chi connectivity index (χ0n) is 10.6. The van der Waals surface area contributed by atoms with Gasteiger partial charge in [0, 0.05) is 0 Å². The molecule has 0 unspecified atom stereocenters. The largest absolute Gasteiger partial charge is 0.506 e. The number of hydrogen-bond acceptors (Lipinski definition) is 3. The van der Waals surface area contributed by atoms with Crippen molar-refractivity contribution in [2.45, 2.75) is 44.2 Å². The second kappa shape index (κ2) is 6.91. The van der Waals surface area contributed by atoms with Gasteiger partial charge in [-0.15, -0.1) is 0 Å². The van der Waals surface area contributed by atoms with Crippen molar-refractivity contribution in [2.75, 3.05) is 0 Å². The molecule has 2 atom stereocenters. The summed E-state index contributed by atoms with van der Waals surface area (Å²) in [4.78, 5) is 0. The summed E-state index contributed by atoms with van der Waals surface area (Å²) < 4.78 is 1.57. The lowest BCUT2D eigenvalue weighted by Gasteiger charge is -2.30. The molecule has 1 aliphatic carbocycles. The molecule has 106 valence electrons. The molecule has 0 heterocycles. The van der Waals surface area contributed by atoms with Crippen molar-refractivity contribution in [1.29, 1.82) is 0 Å². The summed E-state index contributed by atoms with van der Waals surface area (Å²) in [6.07, 6.45) is 5.31. The normalized spacial score (nSPS) is 20.2. The standard InChI is InChI=1S/C14H19I2NO2/c15-10-6-9(7-11(16)14(10)19)12(17)13(18)8-4-2-1-3-5-8/h6-8,12-13,18-19H,1-5,17H2/t12-,13+/m1/s1. The molecule has 0 aromatic heterocycles. The predicted molar refractivity (Wildman–Crippen MR) is 93.1 cm³/mol. The van der Waals surface area contributed by atoms with Crippen LogP contribution in [0.1, 0.15) is 43.7 Å². The van der Waals surface area contributed by atoms with Crippen molar-refractivity contribution < 1.29 is 10.2 Å². The van der Waals surface area contributed by atoms with Crippen molar-refractivity contribution in [2.24, 2.45) is 11.7 Å². The van der Waals surface area contributed by atoms with Crippen molar-refractivity contribution in [1.82, 2.24) is 0 Å². The summed E-state index contributed by atoms with van der Waals surface area (Å²) in [5.41, 5.74) is 7.13. The maximum Gasteiger partial charge on any atom is 0.142 e. The molecule has 0 saturated heterocycles. The van der Waals surface area contributed by atoms with Crippen molar-refractivity contribution in [3.05, 3.63) is 24.8 Å². The quantitative estimate of drug-likeness (QED) is 0.572. The van der Waals surface area contributed by atoms with Crippen LogP contribution in [0, 0.1) is 13.1 Å². The smallest absolute Gasteiger partial charge is 0.142 e. The lowest BCUT2D eigenvalue weighted by molar-refractivity contribution is 0.0617. The first-order valence-corrected chi connectivity index (χ1v) is 8.78. The van der Waals surface area contributed by atoms with Gasteiger partial charge in [0.25, 0.3) is 0 Å². The zero-order chi connectivity index (χ0) is 14.0. The Bertz CT molecular complexity index is 424. The van der Waals surface area contributed by atoms with Crippen LogP contribution in [-0.2, 0) is 0 Å². The number of aliphatic hydroxyl groups excluding tert-OH is 1. The average Bonchev–Trinajstić information content (AvgIpc) is 2.43. The molecule has 1 fully saturated rings. The first kappa shape index (κ1) is 15.8. The molecule has 5 heteroatoms. The second-order valence-corrected chi connectivity index (χ2v) is 7.57. The van der Waals surface area contributed by atoms with E-state index in [-0.39, 0.29) is 6.04 Å². The van der Waals surface area contributed by atoms with Gasteiger partial charge in [-0.25, -0.2) is 0 Å². The first-order valence-electron chi connectivity index (χ1n) is 6.62. The third-order valence-corrected chi connectivity index (χ3v) is 5.57. The molecule has 0 spiro atoms. The number of aromatic hydroxyl groups is 1. The van der Waals surface area contributed by atoms with Gasteiger partial charge in [-0.05, 0) is 81.6 Å². The average molecular weight is 487 g/mol. The number of hydrogen-bond donors (Lipinski definition) is 3. The van der Waals surface area contributed by atoms with Crippen LogP contribution in [0.15, 0.2) is 12.1 Å². The molecule has 2 rings (SSSR count). The van der Waals surface area contributed by atoms with E-state index in [4.69, 9.17) is 5.73 Å². The molecule has 0 amide bonds. The van der Waals surface area contributed by atoms with E-state index in [9.17, 15) is 10.2 Å². The summed E-state index contributed by atoms with van der Waals surface area (Å²) in [6, 6.07) is 3.37. The monoisotopic (exact) mass is 487 g/mol. The number of halogens is 2. The number of aliphatic hydroxyl groups is 1. The fourth-order valence-electron chi connectivity index (χ4n) is 2.74.